The van der Waals surface area contributed by atoms with Gasteiger partial charge in [0, 0.05) is 12.1 Å². The van der Waals surface area contributed by atoms with Gasteiger partial charge in [-0.25, -0.2) is 9.67 Å². The molecule has 0 spiro atoms. The smallest absolute Gasteiger partial charge is 0.157 e. The second-order valence-electron chi connectivity index (χ2n) is 6.81. The summed E-state index contributed by atoms with van der Waals surface area (Å²) in [5, 5.41) is 7.82. The van der Waals surface area contributed by atoms with Crippen LogP contribution in [0.5, 0.6) is 0 Å². The van der Waals surface area contributed by atoms with Crippen molar-refractivity contribution in [3.05, 3.63) is 12.2 Å². The average Bonchev–Trinajstić information content (AvgIpc) is 2.95. The van der Waals surface area contributed by atoms with Gasteiger partial charge in [0.25, 0.3) is 0 Å². The van der Waals surface area contributed by atoms with Gasteiger partial charge in [0.2, 0.25) is 0 Å². The molecular weight excluding hydrogens is 264 g/mol. The first-order valence-corrected chi connectivity index (χ1v) is 8.32. The number of hydrogen-bond donors (Lipinski definition) is 1. The fourth-order valence-corrected chi connectivity index (χ4v) is 3.86. The van der Waals surface area contributed by atoms with Gasteiger partial charge in [-0.05, 0) is 45.4 Å². The first-order valence-electron chi connectivity index (χ1n) is 8.32. The number of fused-ring (bicyclic) bond motifs is 1. The third kappa shape index (κ3) is 3.18. The Morgan fingerprint density at radius 1 is 1.33 bits per heavy atom. The van der Waals surface area contributed by atoms with Crippen LogP contribution in [0.15, 0.2) is 6.33 Å². The Hall–Kier alpha value is -1.23. The van der Waals surface area contributed by atoms with Gasteiger partial charge >= 0.3 is 0 Å². The summed E-state index contributed by atoms with van der Waals surface area (Å²) in [7, 11) is 0. The SMILES string of the molecule is CC(C)n1ncnc1CC(=O)C1CCC2CCCCC2N1. The highest BCUT2D eigenvalue weighted by Crippen LogP contribution is 2.32. The van der Waals surface area contributed by atoms with Crippen molar-refractivity contribution in [3.63, 3.8) is 0 Å². The molecule has 1 aliphatic heterocycles. The average molecular weight is 290 g/mol. The molecule has 0 amide bonds. The lowest BCUT2D eigenvalue weighted by Crippen LogP contribution is -2.52. The molecule has 3 atom stereocenters. The predicted octanol–water partition coefficient (Wildman–Crippen LogP) is 2.28. The molecule has 0 aromatic carbocycles. The topological polar surface area (TPSA) is 59.8 Å². The molecule has 0 bridgehead atoms. The van der Waals surface area contributed by atoms with E-state index in [9.17, 15) is 4.79 Å². The summed E-state index contributed by atoms with van der Waals surface area (Å²) in [6.07, 6.45) is 9.36. The second-order valence-corrected chi connectivity index (χ2v) is 6.81. The molecule has 2 fully saturated rings. The van der Waals surface area contributed by atoms with Gasteiger partial charge in [0.15, 0.2) is 5.78 Å². The second kappa shape index (κ2) is 6.26. The molecule has 5 nitrogen and oxygen atoms in total. The zero-order chi connectivity index (χ0) is 14.8. The van der Waals surface area contributed by atoms with E-state index in [1.165, 1.54) is 32.1 Å². The van der Waals surface area contributed by atoms with Crippen molar-refractivity contribution < 1.29 is 4.79 Å². The Kier molecular flexibility index (Phi) is 4.38. The van der Waals surface area contributed by atoms with Crippen molar-refractivity contribution in [1.82, 2.24) is 20.1 Å². The van der Waals surface area contributed by atoms with Gasteiger partial charge in [-0.3, -0.25) is 4.79 Å². The van der Waals surface area contributed by atoms with Crippen LogP contribution in [-0.2, 0) is 11.2 Å². The molecule has 3 rings (SSSR count). The normalized spacial score (nSPS) is 29.4. The third-order valence-electron chi connectivity index (χ3n) is 5.01. The van der Waals surface area contributed by atoms with E-state index in [-0.39, 0.29) is 17.9 Å². The van der Waals surface area contributed by atoms with Gasteiger partial charge in [-0.2, -0.15) is 5.10 Å². The Bertz CT molecular complexity index is 496. The molecule has 1 N–H and O–H groups in total. The monoisotopic (exact) mass is 290 g/mol. The Balaban J connectivity index is 1.62. The lowest BCUT2D eigenvalue weighted by atomic mass is 9.77. The number of Topliss-reactive ketones (excluding diaryl/α,β-unsaturated/α-hetero) is 1. The van der Waals surface area contributed by atoms with E-state index >= 15 is 0 Å². The molecule has 0 radical (unpaired) electrons. The highest BCUT2D eigenvalue weighted by atomic mass is 16.1. The fraction of sp³-hybridized carbons (Fsp3) is 0.812. The van der Waals surface area contributed by atoms with E-state index < -0.39 is 0 Å². The molecule has 21 heavy (non-hydrogen) atoms. The Morgan fingerprint density at radius 3 is 2.95 bits per heavy atom. The van der Waals surface area contributed by atoms with Crippen LogP contribution in [0, 0.1) is 5.92 Å². The van der Waals surface area contributed by atoms with Gasteiger partial charge in [0.05, 0.1) is 12.5 Å². The molecule has 3 unspecified atom stereocenters. The highest BCUT2D eigenvalue weighted by Gasteiger charge is 2.34. The molecule has 2 heterocycles. The van der Waals surface area contributed by atoms with Crippen LogP contribution in [0.3, 0.4) is 0 Å². The molecule has 1 aromatic rings. The standard InChI is InChI=1S/C16H26N4O/c1-11(2)20-16(17-10-18-20)9-15(21)14-8-7-12-5-3-4-6-13(12)19-14/h10-14,19H,3-9H2,1-2H3. The number of rotatable bonds is 4. The maximum absolute atomic E-state index is 12.6. The first-order chi connectivity index (χ1) is 10.1. The lowest BCUT2D eigenvalue weighted by Gasteiger charge is -2.40. The Morgan fingerprint density at radius 2 is 2.14 bits per heavy atom. The number of ketones is 1. The first kappa shape index (κ1) is 14.7. The molecule has 1 saturated carbocycles. The van der Waals surface area contributed by atoms with Crippen LogP contribution in [0.4, 0.5) is 0 Å². The molecular formula is C16H26N4O. The van der Waals surface area contributed by atoms with E-state index in [1.54, 1.807) is 6.33 Å². The van der Waals surface area contributed by atoms with E-state index in [4.69, 9.17) is 0 Å². The molecule has 1 saturated heterocycles. The molecule has 116 valence electrons. The summed E-state index contributed by atoms with van der Waals surface area (Å²) in [5.41, 5.74) is 0. The maximum atomic E-state index is 12.6. The summed E-state index contributed by atoms with van der Waals surface area (Å²) in [4.78, 5) is 16.8. The van der Waals surface area contributed by atoms with Gasteiger partial charge < -0.3 is 5.32 Å². The summed E-state index contributed by atoms with van der Waals surface area (Å²) in [6, 6.07) is 0.823. The molecule has 5 heteroatoms. The zero-order valence-electron chi connectivity index (χ0n) is 13.1. The van der Waals surface area contributed by atoms with Crippen molar-refractivity contribution in [1.29, 1.82) is 0 Å². The summed E-state index contributed by atoms with van der Waals surface area (Å²) >= 11 is 0. The van der Waals surface area contributed by atoms with Crippen molar-refractivity contribution in [2.24, 2.45) is 5.92 Å². The van der Waals surface area contributed by atoms with Crippen LogP contribution in [0.2, 0.25) is 0 Å². The van der Waals surface area contributed by atoms with E-state index in [2.05, 4.69) is 29.2 Å². The number of aromatic nitrogens is 3. The Labute approximate surface area is 126 Å². The van der Waals surface area contributed by atoms with E-state index in [0.717, 1.165) is 18.2 Å². The highest BCUT2D eigenvalue weighted by molar-refractivity contribution is 5.85. The number of nitrogens with zero attached hydrogens (tertiary/aromatic N) is 3. The van der Waals surface area contributed by atoms with Crippen LogP contribution in [0.25, 0.3) is 0 Å². The predicted molar refractivity (Wildman–Crippen MR) is 81.0 cm³/mol. The van der Waals surface area contributed by atoms with Crippen molar-refractivity contribution >= 4 is 5.78 Å². The number of nitrogens with one attached hydrogen (secondary N) is 1. The summed E-state index contributed by atoms with van der Waals surface area (Å²) in [5.74, 6) is 1.86. The zero-order valence-corrected chi connectivity index (χ0v) is 13.1. The number of piperidine rings is 1. The van der Waals surface area contributed by atoms with Gasteiger partial charge in [-0.15, -0.1) is 0 Å². The number of carbonyl (C=O) groups is 1. The summed E-state index contributed by atoms with van der Waals surface area (Å²) in [6.45, 7) is 4.13. The van der Waals surface area contributed by atoms with Crippen molar-refractivity contribution in [2.75, 3.05) is 0 Å². The minimum Gasteiger partial charge on any atom is -0.304 e. The third-order valence-corrected chi connectivity index (χ3v) is 5.01. The molecule has 2 aliphatic rings. The number of carbonyl (C=O) groups excluding carboxylic acids is 1. The maximum Gasteiger partial charge on any atom is 0.157 e. The minimum atomic E-state index is 0.0154. The number of hydrogen-bond acceptors (Lipinski definition) is 4. The van der Waals surface area contributed by atoms with E-state index in [0.29, 0.717) is 12.5 Å². The van der Waals surface area contributed by atoms with Crippen LogP contribution in [-0.4, -0.2) is 32.6 Å². The minimum absolute atomic E-state index is 0.0154. The molecule has 1 aliphatic carbocycles. The van der Waals surface area contributed by atoms with Crippen LogP contribution >= 0.6 is 0 Å². The molecule has 1 aromatic heterocycles. The van der Waals surface area contributed by atoms with Gasteiger partial charge in [0.1, 0.15) is 12.2 Å². The van der Waals surface area contributed by atoms with Crippen molar-refractivity contribution in [2.45, 2.75) is 76.9 Å². The lowest BCUT2D eigenvalue weighted by molar-refractivity contribution is -0.121. The van der Waals surface area contributed by atoms with Crippen LogP contribution < -0.4 is 5.32 Å². The summed E-state index contributed by atoms with van der Waals surface area (Å²) < 4.78 is 1.85. The van der Waals surface area contributed by atoms with Crippen molar-refractivity contribution in [3.8, 4) is 0 Å². The largest absolute Gasteiger partial charge is 0.304 e. The van der Waals surface area contributed by atoms with Crippen LogP contribution in [0.1, 0.15) is 64.2 Å². The van der Waals surface area contributed by atoms with Gasteiger partial charge in [-0.1, -0.05) is 12.8 Å². The van der Waals surface area contributed by atoms with E-state index in [1.807, 2.05) is 4.68 Å². The quantitative estimate of drug-likeness (QED) is 0.924. The fourth-order valence-electron chi connectivity index (χ4n) is 3.86.